The van der Waals surface area contributed by atoms with Crippen LogP contribution in [0.2, 0.25) is 0 Å². The van der Waals surface area contributed by atoms with Crippen molar-refractivity contribution in [3.05, 3.63) is 65.6 Å². The predicted molar refractivity (Wildman–Crippen MR) is 123 cm³/mol. The van der Waals surface area contributed by atoms with Crippen LogP contribution in [0.25, 0.3) is 5.57 Å². The fraction of sp³-hybridized carbons (Fsp3) is 0.400. The molecule has 1 aromatic heterocycles. The summed E-state index contributed by atoms with van der Waals surface area (Å²) >= 11 is 0. The number of amides is 2. The van der Waals surface area contributed by atoms with E-state index in [1.165, 1.54) is 4.90 Å². The van der Waals surface area contributed by atoms with E-state index in [0.717, 1.165) is 56.0 Å². The molecule has 3 heterocycles. The summed E-state index contributed by atoms with van der Waals surface area (Å²) in [6.07, 6.45) is 4.28. The first-order chi connectivity index (χ1) is 15.6. The molecule has 2 amide bonds. The lowest BCUT2D eigenvalue weighted by molar-refractivity contribution is -0.138. The molecule has 32 heavy (non-hydrogen) atoms. The maximum atomic E-state index is 13.5. The summed E-state index contributed by atoms with van der Waals surface area (Å²) < 4.78 is 5.69. The second-order valence-electron chi connectivity index (χ2n) is 8.07. The van der Waals surface area contributed by atoms with Crippen molar-refractivity contribution in [3.63, 3.8) is 0 Å². The van der Waals surface area contributed by atoms with Gasteiger partial charge >= 0.3 is 0 Å². The summed E-state index contributed by atoms with van der Waals surface area (Å²) in [6.45, 7) is 9.28. The number of likely N-dealkylation sites (N-methyl/N-ethyl adjacent to an activating group) is 1. The van der Waals surface area contributed by atoms with E-state index in [1.807, 2.05) is 36.4 Å². The summed E-state index contributed by atoms with van der Waals surface area (Å²) in [7, 11) is 0. The Hall–Kier alpha value is -3.19. The minimum atomic E-state index is -0.248. The first-order valence-electron chi connectivity index (χ1n) is 11.3. The Balaban J connectivity index is 1.66. The van der Waals surface area contributed by atoms with Crippen molar-refractivity contribution in [2.45, 2.75) is 26.8 Å². The molecule has 4 rings (SSSR count). The lowest BCUT2D eigenvalue weighted by Gasteiger charge is -2.36. The Morgan fingerprint density at radius 3 is 2.22 bits per heavy atom. The van der Waals surface area contributed by atoms with E-state index in [2.05, 4.69) is 28.6 Å². The molecule has 0 spiro atoms. The number of nitrogens with zero attached hydrogens (tertiary/aromatic N) is 4. The Morgan fingerprint density at radius 2 is 1.59 bits per heavy atom. The molecule has 2 aliphatic rings. The van der Waals surface area contributed by atoms with Gasteiger partial charge in [0.1, 0.15) is 11.4 Å². The van der Waals surface area contributed by atoms with Crippen LogP contribution in [0.4, 0.5) is 0 Å². The number of carbonyl (C=O) groups excluding carboxylic acids is 2. The lowest BCUT2D eigenvalue weighted by atomic mass is 10.0. The summed E-state index contributed by atoms with van der Waals surface area (Å²) in [5, 5.41) is 0. The fourth-order valence-electron chi connectivity index (χ4n) is 4.16. The number of hydrogen-bond donors (Lipinski definition) is 0. The molecule has 0 N–H and O–H groups in total. The molecule has 0 radical (unpaired) electrons. The number of rotatable bonds is 8. The van der Waals surface area contributed by atoms with Crippen LogP contribution >= 0.6 is 0 Å². The molecule has 1 fully saturated rings. The first-order valence-corrected chi connectivity index (χ1v) is 11.3. The number of benzene rings is 1. The zero-order chi connectivity index (χ0) is 22.5. The Kier molecular flexibility index (Phi) is 6.85. The first kappa shape index (κ1) is 22.0. The summed E-state index contributed by atoms with van der Waals surface area (Å²) in [5.74, 6) is 0.291. The molecular formula is C25H30N4O3. The van der Waals surface area contributed by atoms with Crippen LogP contribution in [0.5, 0.6) is 5.75 Å². The van der Waals surface area contributed by atoms with Gasteiger partial charge in [-0.15, -0.1) is 0 Å². The molecule has 7 nitrogen and oxygen atoms in total. The third kappa shape index (κ3) is 4.53. The number of aromatic nitrogens is 1. The van der Waals surface area contributed by atoms with Gasteiger partial charge in [0, 0.05) is 38.6 Å². The number of piperazine rings is 1. The number of carbonyl (C=O) groups is 2. The normalized spacial score (nSPS) is 17.4. The summed E-state index contributed by atoms with van der Waals surface area (Å²) in [5.41, 5.74) is 2.62. The van der Waals surface area contributed by atoms with Crippen LogP contribution in [0.1, 0.15) is 31.4 Å². The molecule has 0 bridgehead atoms. The van der Waals surface area contributed by atoms with E-state index in [9.17, 15) is 9.59 Å². The molecule has 2 aliphatic heterocycles. The van der Waals surface area contributed by atoms with E-state index in [1.54, 1.807) is 12.4 Å². The lowest BCUT2D eigenvalue weighted by Crippen LogP contribution is -2.47. The van der Waals surface area contributed by atoms with Crippen LogP contribution in [-0.4, -0.2) is 70.8 Å². The monoisotopic (exact) mass is 434 g/mol. The van der Waals surface area contributed by atoms with Gasteiger partial charge in [0.25, 0.3) is 11.8 Å². The van der Waals surface area contributed by atoms with E-state index < -0.39 is 0 Å². The van der Waals surface area contributed by atoms with Crippen molar-refractivity contribution in [2.75, 3.05) is 39.3 Å². The zero-order valence-corrected chi connectivity index (χ0v) is 18.8. The molecule has 0 atom stereocenters. The molecular weight excluding hydrogens is 404 g/mol. The number of imide groups is 1. The quantitative estimate of drug-likeness (QED) is 0.596. The minimum Gasteiger partial charge on any atom is -0.494 e. The molecule has 2 aromatic rings. The molecule has 168 valence electrons. The van der Waals surface area contributed by atoms with E-state index in [4.69, 9.17) is 4.74 Å². The van der Waals surface area contributed by atoms with Gasteiger partial charge in [0.05, 0.1) is 18.7 Å². The minimum absolute atomic E-state index is 0.224. The van der Waals surface area contributed by atoms with E-state index in [-0.39, 0.29) is 18.4 Å². The highest BCUT2D eigenvalue weighted by Gasteiger charge is 2.42. The number of hydrogen-bond acceptors (Lipinski definition) is 6. The van der Waals surface area contributed by atoms with Crippen LogP contribution in [0.15, 0.2) is 54.5 Å². The number of pyridine rings is 1. The van der Waals surface area contributed by atoms with Crippen molar-refractivity contribution in [3.8, 4) is 5.75 Å². The van der Waals surface area contributed by atoms with Gasteiger partial charge in [0.15, 0.2) is 0 Å². The van der Waals surface area contributed by atoms with Gasteiger partial charge in [-0.05, 0) is 48.4 Å². The number of ether oxygens (including phenoxy) is 1. The van der Waals surface area contributed by atoms with Gasteiger partial charge in [-0.2, -0.15) is 0 Å². The van der Waals surface area contributed by atoms with E-state index >= 15 is 0 Å². The Labute approximate surface area is 189 Å². The van der Waals surface area contributed by atoms with Crippen molar-refractivity contribution in [2.24, 2.45) is 0 Å². The van der Waals surface area contributed by atoms with Crippen molar-refractivity contribution in [1.82, 2.24) is 19.7 Å². The highest BCUT2D eigenvalue weighted by atomic mass is 16.5. The summed E-state index contributed by atoms with van der Waals surface area (Å²) in [6, 6.07) is 11.2. The fourth-order valence-corrected chi connectivity index (χ4v) is 4.16. The van der Waals surface area contributed by atoms with Crippen LogP contribution < -0.4 is 4.74 Å². The van der Waals surface area contributed by atoms with Crippen LogP contribution in [-0.2, 0) is 16.1 Å². The highest BCUT2D eigenvalue weighted by Crippen LogP contribution is 2.33. The third-order valence-corrected chi connectivity index (χ3v) is 5.99. The van der Waals surface area contributed by atoms with Gasteiger partial charge in [0.2, 0.25) is 0 Å². The molecule has 1 saturated heterocycles. The van der Waals surface area contributed by atoms with Gasteiger partial charge in [-0.25, -0.2) is 0 Å². The molecule has 7 heteroatoms. The van der Waals surface area contributed by atoms with Gasteiger partial charge in [-0.1, -0.05) is 26.0 Å². The Bertz CT molecular complexity index is 980. The van der Waals surface area contributed by atoms with Crippen LogP contribution in [0, 0.1) is 0 Å². The SMILES string of the molecule is CCCOc1ccc(C2=C(N3CCN(CC)CC3)C(=O)N(Cc3ccncc3)C2=O)cc1. The Morgan fingerprint density at radius 1 is 0.906 bits per heavy atom. The maximum Gasteiger partial charge on any atom is 0.278 e. The second kappa shape index (κ2) is 9.96. The van der Waals surface area contributed by atoms with Crippen molar-refractivity contribution >= 4 is 17.4 Å². The van der Waals surface area contributed by atoms with Gasteiger partial charge in [-0.3, -0.25) is 19.5 Å². The maximum absolute atomic E-state index is 13.5. The average molecular weight is 435 g/mol. The third-order valence-electron chi connectivity index (χ3n) is 5.99. The standard InChI is InChI=1S/C25H30N4O3/c1-3-17-32-21-7-5-20(6-8-21)22-23(28-15-13-27(4-2)14-16-28)25(31)29(24(22)30)18-19-9-11-26-12-10-19/h5-12H,3-4,13-18H2,1-2H3. The van der Waals surface area contributed by atoms with Crippen molar-refractivity contribution in [1.29, 1.82) is 0 Å². The largest absolute Gasteiger partial charge is 0.494 e. The average Bonchev–Trinajstić information content (AvgIpc) is 3.08. The van der Waals surface area contributed by atoms with Crippen LogP contribution in [0.3, 0.4) is 0 Å². The van der Waals surface area contributed by atoms with E-state index in [0.29, 0.717) is 17.9 Å². The smallest absolute Gasteiger partial charge is 0.278 e. The second-order valence-corrected chi connectivity index (χ2v) is 8.07. The zero-order valence-electron chi connectivity index (χ0n) is 18.8. The molecule has 1 aromatic carbocycles. The van der Waals surface area contributed by atoms with Gasteiger partial charge < -0.3 is 14.5 Å². The topological polar surface area (TPSA) is 66.0 Å². The predicted octanol–water partition coefficient (Wildman–Crippen LogP) is 2.79. The summed E-state index contributed by atoms with van der Waals surface area (Å²) in [4.78, 5) is 36.8. The molecule has 0 saturated carbocycles. The van der Waals surface area contributed by atoms with Crippen molar-refractivity contribution < 1.29 is 14.3 Å². The molecule has 0 aliphatic carbocycles. The highest BCUT2D eigenvalue weighted by molar-refractivity contribution is 6.35. The molecule has 0 unspecified atom stereocenters.